The van der Waals surface area contributed by atoms with Gasteiger partial charge in [-0.1, -0.05) is 44.2 Å². The van der Waals surface area contributed by atoms with Gasteiger partial charge >= 0.3 is 0 Å². The number of carbonyl (C=O) groups is 4. The Kier molecular flexibility index (Phi) is 6.62. The molecule has 2 N–H and O–H groups in total. The zero-order valence-electron chi connectivity index (χ0n) is 18.0. The second-order valence-electron chi connectivity index (χ2n) is 8.96. The van der Waals surface area contributed by atoms with E-state index in [9.17, 15) is 19.2 Å². The van der Waals surface area contributed by atoms with Crippen molar-refractivity contribution in [2.45, 2.75) is 57.0 Å². The van der Waals surface area contributed by atoms with E-state index in [0.717, 1.165) is 11.8 Å². The van der Waals surface area contributed by atoms with Gasteiger partial charge in [0.25, 0.3) is 0 Å². The summed E-state index contributed by atoms with van der Waals surface area (Å²) in [6.07, 6.45) is 4.92. The fourth-order valence-corrected chi connectivity index (χ4v) is 4.82. The van der Waals surface area contributed by atoms with Crippen molar-refractivity contribution < 1.29 is 19.2 Å². The summed E-state index contributed by atoms with van der Waals surface area (Å²) < 4.78 is 0. The SMILES string of the molecule is CC(C)CC1(CCC=O)N=CC(C2(Cc3ccccc3)N=CC(CC(N)=O)C2=O)C1=O. The predicted octanol–water partition coefficient (Wildman–Crippen LogP) is 2.15. The molecule has 4 unspecified atom stereocenters. The molecular formula is C24H29N3O4. The van der Waals surface area contributed by atoms with Crippen molar-refractivity contribution in [1.82, 2.24) is 0 Å². The van der Waals surface area contributed by atoms with Crippen LogP contribution in [0.2, 0.25) is 0 Å². The Balaban J connectivity index is 2.01. The van der Waals surface area contributed by atoms with Gasteiger partial charge < -0.3 is 10.5 Å². The van der Waals surface area contributed by atoms with Gasteiger partial charge in [0.2, 0.25) is 5.91 Å². The van der Waals surface area contributed by atoms with Crippen molar-refractivity contribution in [2.75, 3.05) is 0 Å². The number of primary amides is 1. The Morgan fingerprint density at radius 3 is 2.45 bits per heavy atom. The second kappa shape index (κ2) is 9.04. The minimum atomic E-state index is -1.36. The highest BCUT2D eigenvalue weighted by Gasteiger charge is 2.59. The molecule has 0 radical (unpaired) electrons. The van der Waals surface area contributed by atoms with E-state index in [0.29, 0.717) is 12.8 Å². The molecule has 0 spiro atoms. The van der Waals surface area contributed by atoms with Crippen molar-refractivity contribution >= 4 is 36.2 Å². The lowest BCUT2D eigenvalue weighted by molar-refractivity contribution is -0.134. The molecule has 2 aliphatic rings. The monoisotopic (exact) mass is 423 g/mol. The molecule has 0 aromatic heterocycles. The van der Waals surface area contributed by atoms with E-state index in [1.807, 2.05) is 44.2 Å². The molecule has 0 aliphatic carbocycles. The van der Waals surface area contributed by atoms with E-state index >= 15 is 0 Å². The molecular weight excluding hydrogens is 394 g/mol. The number of benzene rings is 1. The number of hydrogen-bond donors (Lipinski definition) is 1. The molecule has 0 bridgehead atoms. The van der Waals surface area contributed by atoms with Gasteiger partial charge in [0.15, 0.2) is 11.6 Å². The fraction of sp³-hybridized carbons (Fsp3) is 0.500. The van der Waals surface area contributed by atoms with E-state index in [-0.39, 0.29) is 36.7 Å². The van der Waals surface area contributed by atoms with Crippen LogP contribution < -0.4 is 5.73 Å². The number of rotatable bonds is 10. The summed E-state index contributed by atoms with van der Waals surface area (Å²) in [4.78, 5) is 59.0. The summed E-state index contributed by atoms with van der Waals surface area (Å²) in [7, 11) is 0. The maximum Gasteiger partial charge on any atom is 0.218 e. The van der Waals surface area contributed by atoms with Crippen molar-refractivity contribution in [2.24, 2.45) is 33.5 Å². The minimum absolute atomic E-state index is 0.140. The minimum Gasteiger partial charge on any atom is -0.370 e. The molecule has 0 fully saturated rings. The average molecular weight is 424 g/mol. The first-order chi connectivity index (χ1) is 14.7. The van der Waals surface area contributed by atoms with Gasteiger partial charge in [-0.2, -0.15) is 0 Å². The van der Waals surface area contributed by atoms with Gasteiger partial charge in [0.1, 0.15) is 17.4 Å². The normalized spacial score (nSPS) is 29.8. The van der Waals surface area contributed by atoms with Crippen molar-refractivity contribution in [3.8, 4) is 0 Å². The van der Waals surface area contributed by atoms with Gasteiger partial charge in [-0.05, 0) is 24.3 Å². The highest BCUT2D eigenvalue weighted by atomic mass is 16.2. The molecule has 7 heteroatoms. The van der Waals surface area contributed by atoms with Crippen molar-refractivity contribution in [1.29, 1.82) is 0 Å². The van der Waals surface area contributed by atoms with Gasteiger partial charge in [0.05, 0.1) is 11.8 Å². The molecule has 1 amide bonds. The molecule has 7 nitrogen and oxygen atoms in total. The van der Waals surface area contributed by atoms with Crippen molar-refractivity contribution in [3.63, 3.8) is 0 Å². The van der Waals surface area contributed by atoms with Crippen LogP contribution in [-0.2, 0) is 25.6 Å². The summed E-state index contributed by atoms with van der Waals surface area (Å²) in [5.41, 5.74) is 3.81. The van der Waals surface area contributed by atoms with E-state index < -0.39 is 28.8 Å². The maximum atomic E-state index is 13.8. The van der Waals surface area contributed by atoms with Crippen LogP contribution in [0.25, 0.3) is 0 Å². The number of hydrogen-bond acceptors (Lipinski definition) is 6. The first kappa shape index (κ1) is 22.7. The number of ketones is 2. The third-order valence-electron chi connectivity index (χ3n) is 6.13. The lowest BCUT2D eigenvalue weighted by Gasteiger charge is -2.33. The summed E-state index contributed by atoms with van der Waals surface area (Å²) in [5.74, 6) is -2.47. The van der Waals surface area contributed by atoms with Crippen LogP contribution in [0.3, 0.4) is 0 Å². The summed E-state index contributed by atoms with van der Waals surface area (Å²) in [5, 5.41) is 0. The van der Waals surface area contributed by atoms with Crippen LogP contribution in [0.15, 0.2) is 40.3 Å². The maximum absolute atomic E-state index is 13.8. The average Bonchev–Trinajstić information content (AvgIpc) is 3.19. The molecule has 0 saturated heterocycles. The molecule has 2 aliphatic heterocycles. The van der Waals surface area contributed by atoms with E-state index in [1.165, 1.54) is 6.21 Å². The Bertz CT molecular complexity index is 924. The van der Waals surface area contributed by atoms with Crippen LogP contribution in [0.1, 0.15) is 45.1 Å². The Hall–Kier alpha value is -2.96. The van der Waals surface area contributed by atoms with E-state index in [4.69, 9.17) is 5.73 Å². The van der Waals surface area contributed by atoms with Crippen LogP contribution >= 0.6 is 0 Å². The molecule has 1 aromatic rings. The van der Waals surface area contributed by atoms with Crippen LogP contribution in [-0.4, -0.2) is 47.3 Å². The Morgan fingerprint density at radius 1 is 1.13 bits per heavy atom. The van der Waals surface area contributed by atoms with Crippen molar-refractivity contribution in [3.05, 3.63) is 35.9 Å². The van der Waals surface area contributed by atoms with Gasteiger partial charge in [-0.25, -0.2) is 0 Å². The Labute approximate surface area is 182 Å². The number of Topliss-reactive ketones (excluding diaryl/α,β-unsaturated/α-hetero) is 2. The predicted molar refractivity (Wildman–Crippen MR) is 118 cm³/mol. The van der Waals surface area contributed by atoms with E-state index in [2.05, 4.69) is 9.98 Å². The van der Waals surface area contributed by atoms with Gasteiger partial charge in [0, 0.05) is 31.7 Å². The summed E-state index contributed by atoms with van der Waals surface area (Å²) in [6, 6.07) is 9.38. The first-order valence-corrected chi connectivity index (χ1v) is 10.7. The number of nitrogens with zero attached hydrogens (tertiary/aromatic N) is 2. The van der Waals surface area contributed by atoms with Crippen LogP contribution in [0.5, 0.6) is 0 Å². The zero-order valence-corrected chi connectivity index (χ0v) is 18.0. The topological polar surface area (TPSA) is 119 Å². The first-order valence-electron chi connectivity index (χ1n) is 10.7. The third-order valence-corrected chi connectivity index (χ3v) is 6.13. The standard InChI is InChI=1S/C24H29N3O4/c1-16(2)12-23(9-6-10-28)22(31)19(15-26-23)24(13-17-7-4-3-5-8-17)21(30)18(14-27-24)11-20(25)29/h3-5,7-8,10,14-16,18-19H,6,9,11-13H2,1-2H3,(H2,25,29). The molecule has 0 saturated carbocycles. The number of nitrogens with two attached hydrogens (primary N) is 1. The number of aldehydes is 1. The van der Waals surface area contributed by atoms with E-state index in [1.54, 1.807) is 6.21 Å². The van der Waals surface area contributed by atoms with Gasteiger partial charge in [-0.15, -0.1) is 0 Å². The van der Waals surface area contributed by atoms with Gasteiger partial charge in [-0.3, -0.25) is 24.4 Å². The summed E-state index contributed by atoms with van der Waals surface area (Å²) in [6.45, 7) is 4.00. The van der Waals surface area contributed by atoms with Crippen LogP contribution in [0, 0.1) is 17.8 Å². The largest absolute Gasteiger partial charge is 0.370 e. The smallest absolute Gasteiger partial charge is 0.218 e. The molecule has 4 atom stereocenters. The highest BCUT2D eigenvalue weighted by molar-refractivity contribution is 6.17. The number of aliphatic imine (C=N–C) groups is 2. The zero-order chi connectivity index (χ0) is 22.6. The lowest BCUT2D eigenvalue weighted by atomic mass is 9.69. The molecule has 3 rings (SSSR count). The molecule has 164 valence electrons. The highest BCUT2D eigenvalue weighted by Crippen LogP contribution is 2.43. The Morgan fingerprint density at radius 2 is 1.84 bits per heavy atom. The lowest BCUT2D eigenvalue weighted by Crippen LogP contribution is -2.52. The van der Waals surface area contributed by atoms with Crippen LogP contribution in [0.4, 0.5) is 0 Å². The quantitative estimate of drug-likeness (QED) is 0.580. The molecule has 2 heterocycles. The number of amides is 1. The third kappa shape index (κ3) is 4.40. The molecule has 1 aromatic carbocycles. The fourth-order valence-electron chi connectivity index (χ4n) is 4.82. The number of carbonyl (C=O) groups excluding carboxylic acids is 4. The molecule has 31 heavy (non-hydrogen) atoms. The second-order valence-corrected chi connectivity index (χ2v) is 8.96. The summed E-state index contributed by atoms with van der Waals surface area (Å²) >= 11 is 0.